The van der Waals surface area contributed by atoms with Gasteiger partial charge in [-0.15, -0.1) is 5.10 Å². The van der Waals surface area contributed by atoms with E-state index in [4.69, 9.17) is 11.6 Å². The summed E-state index contributed by atoms with van der Waals surface area (Å²) in [6, 6.07) is 8.35. The summed E-state index contributed by atoms with van der Waals surface area (Å²) in [6.07, 6.45) is 2.83. The molecule has 0 fully saturated rings. The Kier molecular flexibility index (Phi) is 5.61. The van der Waals surface area contributed by atoms with E-state index in [1.165, 1.54) is 0 Å². The van der Waals surface area contributed by atoms with Gasteiger partial charge in [-0.3, -0.25) is 9.97 Å². The maximum atomic E-state index is 15.6. The molecule has 0 aliphatic heterocycles. The summed E-state index contributed by atoms with van der Waals surface area (Å²) in [5.74, 6) is -6.54. The summed E-state index contributed by atoms with van der Waals surface area (Å²) in [6.45, 7) is -0.948. The molecule has 1 atom stereocenters. The molecular weight excluding hydrogens is 452 g/mol. The number of hydrogen-bond donors (Lipinski definition) is 1. The molecule has 4 aromatic rings. The molecule has 7 nitrogen and oxygen atoms in total. The van der Waals surface area contributed by atoms with Gasteiger partial charge < -0.3 is 5.11 Å². The van der Waals surface area contributed by atoms with Crippen LogP contribution in [0.15, 0.2) is 61.2 Å². The number of aromatic nitrogens is 6. The quantitative estimate of drug-likeness (QED) is 0.437. The first-order valence-corrected chi connectivity index (χ1v) is 9.43. The molecule has 0 radical (unpaired) electrons. The Morgan fingerprint density at radius 3 is 2.34 bits per heavy atom. The van der Waals surface area contributed by atoms with E-state index < -0.39 is 41.0 Å². The Bertz CT molecular complexity index is 1220. The molecule has 0 bridgehead atoms. The van der Waals surface area contributed by atoms with E-state index in [9.17, 15) is 13.9 Å². The minimum Gasteiger partial charge on any atom is -0.377 e. The lowest BCUT2D eigenvalue weighted by atomic mass is 9.85. The van der Waals surface area contributed by atoms with E-state index in [1.54, 1.807) is 24.3 Å². The van der Waals surface area contributed by atoms with Crippen molar-refractivity contribution in [3.8, 4) is 11.3 Å². The lowest BCUT2D eigenvalue weighted by Gasteiger charge is -2.35. The van der Waals surface area contributed by atoms with Crippen LogP contribution in [0.25, 0.3) is 11.3 Å². The molecule has 1 unspecified atom stereocenters. The largest absolute Gasteiger partial charge is 0.377 e. The Hall–Kier alpha value is -3.44. The van der Waals surface area contributed by atoms with Gasteiger partial charge in [-0.2, -0.15) is 8.78 Å². The second-order valence-electron chi connectivity index (χ2n) is 6.86. The van der Waals surface area contributed by atoms with E-state index in [1.807, 2.05) is 0 Å². The fourth-order valence-electron chi connectivity index (χ4n) is 3.14. The molecule has 0 aliphatic rings. The lowest BCUT2D eigenvalue weighted by Crippen LogP contribution is -2.48. The zero-order valence-corrected chi connectivity index (χ0v) is 16.8. The van der Waals surface area contributed by atoms with Gasteiger partial charge in [-0.1, -0.05) is 23.7 Å². The van der Waals surface area contributed by atoms with E-state index in [2.05, 4.69) is 25.5 Å². The summed E-state index contributed by atoms with van der Waals surface area (Å²) < 4.78 is 60.0. The van der Waals surface area contributed by atoms with Gasteiger partial charge in [0, 0.05) is 22.2 Å². The van der Waals surface area contributed by atoms with E-state index in [-0.39, 0.29) is 5.69 Å². The van der Waals surface area contributed by atoms with Gasteiger partial charge in [0.05, 0.1) is 24.6 Å². The molecule has 2 heterocycles. The van der Waals surface area contributed by atoms with Crippen LogP contribution in [0.1, 0.15) is 11.3 Å². The monoisotopic (exact) mass is 464 g/mol. The number of rotatable bonds is 6. The average Bonchev–Trinajstić information content (AvgIpc) is 3.27. The number of alkyl halides is 2. The summed E-state index contributed by atoms with van der Waals surface area (Å²) in [5.41, 5.74) is -4.17. The van der Waals surface area contributed by atoms with Gasteiger partial charge in [0.25, 0.3) is 0 Å². The third kappa shape index (κ3) is 3.92. The van der Waals surface area contributed by atoms with Crippen LogP contribution in [0.2, 0.25) is 5.02 Å². The molecule has 0 aliphatic carbocycles. The standard InChI is InChI=1S/C20H13ClF4N6O/c21-13-3-1-12(2-4-13)17-8-27-18(9-26-17)20(24,25)19(32,10-31-11-28-29-30-31)15-6-5-14(22)7-16(15)23/h1-9,11,32H,10H2. The number of halogens is 5. The van der Waals surface area contributed by atoms with Gasteiger partial charge >= 0.3 is 5.92 Å². The van der Waals surface area contributed by atoms with Gasteiger partial charge in [0.15, 0.2) is 5.60 Å². The fourth-order valence-corrected chi connectivity index (χ4v) is 3.26. The van der Waals surface area contributed by atoms with Gasteiger partial charge in [0.2, 0.25) is 0 Å². The predicted octanol–water partition coefficient (Wildman–Crippen LogP) is 3.74. The molecule has 0 amide bonds. The van der Waals surface area contributed by atoms with E-state index in [0.717, 1.165) is 35.5 Å². The van der Waals surface area contributed by atoms with Crippen molar-refractivity contribution in [2.45, 2.75) is 18.1 Å². The van der Waals surface area contributed by atoms with E-state index in [0.29, 0.717) is 16.7 Å². The SMILES string of the molecule is OC(Cn1cnnn1)(c1ccc(F)cc1F)C(F)(F)c1cnc(-c2ccc(Cl)cc2)cn1. The maximum absolute atomic E-state index is 15.6. The van der Waals surface area contributed by atoms with Crippen LogP contribution in [0.4, 0.5) is 17.6 Å². The molecule has 1 N–H and O–H groups in total. The minimum absolute atomic E-state index is 0.276. The summed E-state index contributed by atoms with van der Waals surface area (Å²) in [5, 5.41) is 21.7. The van der Waals surface area contributed by atoms with Crippen LogP contribution in [-0.4, -0.2) is 35.3 Å². The molecule has 0 saturated carbocycles. The van der Waals surface area contributed by atoms with E-state index >= 15 is 8.78 Å². The zero-order valence-electron chi connectivity index (χ0n) is 16.0. The fraction of sp³-hybridized carbons (Fsp3) is 0.150. The van der Waals surface area contributed by atoms with Gasteiger partial charge in [-0.25, -0.2) is 13.5 Å². The number of benzene rings is 2. The average molecular weight is 465 g/mol. The zero-order chi connectivity index (χ0) is 22.9. The van der Waals surface area contributed by atoms with Crippen molar-refractivity contribution < 1.29 is 22.7 Å². The predicted molar refractivity (Wildman–Crippen MR) is 104 cm³/mol. The third-order valence-corrected chi connectivity index (χ3v) is 5.04. The molecule has 32 heavy (non-hydrogen) atoms. The topological polar surface area (TPSA) is 89.6 Å². The van der Waals surface area contributed by atoms with Crippen molar-refractivity contribution in [3.63, 3.8) is 0 Å². The molecule has 12 heteroatoms. The lowest BCUT2D eigenvalue weighted by molar-refractivity contribution is -0.208. The highest BCUT2D eigenvalue weighted by Crippen LogP contribution is 2.46. The Morgan fingerprint density at radius 1 is 1.00 bits per heavy atom. The highest BCUT2D eigenvalue weighted by atomic mass is 35.5. The highest BCUT2D eigenvalue weighted by molar-refractivity contribution is 6.30. The normalized spacial score (nSPS) is 13.7. The molecule has 0 spiro atoms. The van der Waals surface area contributed by atoms with Crippen molar-refractivity contribution in [2.24, 2.45) is 0 Å². The Balaban J connectivity index is 1.78. The van der Waals surface area contributed by atoms with Crippen molar-refractivity contribution in [1.29, 1.82) is 0 Å². The first-order valence-electron chi connectivity index (χ1n) is 9.06. The maximum Gasteiger partial charge on any atom is 0.325 e. The number of hydrogen-bond acceptors (Lipinski definition) is 6. The second-order valence-corrected chi connectivity index (χ2v) is 7.30. The molecule has 0 saturated heterocycles. The molecule has 164 valence electrons. The van der Waals surface area contributed by atoms with Crippen LogP contribution >= 0.6 is 11.6 Å². The van der Waals surface area contributed by atoms with Crippen LogP contribution < -0.4 is 0 Å². The number of tetrazole rings is 1. The molecule has 2 aromatic heterocycles. The van der Waals surface area contributed by atoms with Gasteiger partial charge in [0.1, 0.15) is 23.7 Å². The molecule has 2 aromatic carbocycles. The first-order chi connectivity index (χ1) is 15.2. The summed E-state index contributed by atoms with van der Waals surface area (Å²) in [7, 11) is 0. The molecular formula is C20H13ClF4N6O. The van der Waals surface area contributed by atoms with Gasteiger partial charge in [-0.05, 0) is 34.7 Å². The summed E-state index contributed by atoms with van der Waals surface area (Å²) >= 11 is 5.84. The van der Waals surface area contributed by atoms with Crippen LogP contribution in [0.5, 0.6) is 0 Å². The van der Waals surface area contributed by atoms with Crippen molar-refractivity contribution in [3.05, 3.63) is 89.1 Å². The van der Waals surface area contributed by atoms with Crippen LogP contribution in [0, 0.1) is 11.6 Å². The molecule has 4 rings (SSSR count). The van der Waals surface area contributed by atoms with Crippen LogP contribution in [0.3, 0.4) is 0 Å². The Labute approximate surface area is 183 Å². The minimum atomic E-state index is -4.18. The summed E-state index contributed by atoms with van der Waals surface area (Å²) in [4.78, 5) is 7.74. The second kappa shape index (κ2) is 8.24. The van der Waals surface area contributed by atoms with Crippen molar-refractivity contribution in [1.82, 2.24) is 30.2 Å². The number of nitrogens with zero attached hydrogens (tertiary/aromatic N) is 6. The highest BCUT2D eigenvalue weighted by Gasteiger charge is 2.58. The smallest absolute Gasteiger partial charge is 0.325 e. The first kappa shape index (κ1) is 21.8. The Morgan fingerprint density at radius 2 is 1.75 bits per heavy atom. The van der Waals surface area contributed by atoms with Crippen molar-refractivity contribution in [2.75, 3.05) is 0 Å². The van der Waals surface area contributed by atoms with Crippen LogP contribution in [-0.2, 0) is 18.1 Å². The van der Waals surface area contributed by atoms with Crippen molar-refractivity contribution >= 4 is 11.6 Å². The number of aliphatic hydroxyl groups is 1. The third-order valence-electron chi connectivity index (χ3n) is 4.79.